The van der Waals surface area contributed by atoms with Crippen molar-refractivity contribution in [3.05, 3.63) is 82.5 Å². The van der Waals surface area contributed by atoms with E-state index in [2.05, 4.69) is 32.0 Å². The van der Waals surface area contributed by atoms with Gasteiger partial charge in [-0.15, -0.1) is 0 Å². The Kier molecular flexibility index (Phi) is 25.0. The van der Waals surface area contributed by atoms with Crippen LogP contribution in [0.25, 0.3) is 10.9 Å². The lowest BCUT2D eigenvalue weighted by molar-refractivity contribution is -0.162. The number of hydrazine groups is 1. The molecule has 2 aromatic carbocycles. The van der Waals surface area contributed by atoms with Gasteiger partial charge in [0, 0.05) is 84.3 Å². The van der Waals surface area contributed by atoms with Gasteiger partial charge in [0.15, 0.2) is 17.6 Å². The molecule has 4 bridgehead atoms. The van der Waals surface area contributed by atoms with E-state index in [1.165, 1.54) is 45.0 Å². The van der Waals surface area contributed by atoms with E-state index in [1.807, 2.05) is 56.4 Å². The van der Waals surface area contributed by atoms with E-state index in [0.717, 1.165) is 27.7 Å². The number of para-hydroxylation sites is 1. The van der Waals surface area contributed by atoms with E-state index < -0.39 is 102 Å². The first-order valence-corrected chi connectivity index (χ1v) is 29.1. The highest BCUT2D eigenvalue weighted by molar-refractivity contribution is 6.35. The maximum absolute atomic E-state index is 14.3. The zero-order chi connectivity index (χ0) is 63.0. The van der Waals surface area contributed by atoms with Crippen LogP contribution in [0.5, 0.6) is 5.75 Å². The van der Waals surface area contributed by atoms with E-state index in [1.54, 1.807) is 38.1 Å². The van der Waals surface area contributed by atoms with Crippen LogP contribution in [0.3, 0.4) is 0 Å². The van der Waals surface area contributed by atoms with Crippen molar-refractivity contribution < 1.29 is 82.0 Å². The summed E-state index contributed by atoms with van der Waals surface area (Å²) in [6.45, 7) is 8.02. The zero-order valence-electron chi connectivity index (χ0n) is 50.7. The molecule has 6 rings (SSSR count). The molecule has 0 unspecified atom stereocenters. The van der Waals surface area contributed by atoms with Crippen molar-refractivity contribution in [2.45, 2.75) is 140 Å². The number of aliphatic hydroxyl groups is 3. The Morgan fingerprint density at radius 2 is 1.69 bits per heavy atom. The smallest absolute Gasteiger partial charge is 0.409 e. The average Bonchev–Trinajstić information content (AvgIpc) is 1.61. The van der Waals surface area contributed by atoms with E-state index in [9.17, 15) is 48.9 Å². The van der Waals surface area contributed by atoms with Crippen molar-refractivity contribution >= 4 is 69.7 Å². The van der Waals surface area contributed by atoms with Crippen LogP contribution >= 0.6 is 11.6 Å². The number of benzene rings is 2. The molecule has 26 heteroatoms. The maximum Gasteiger partial charge on any atom is 0.409 e. The van der Waals surface area contributed by atoms with Gasteiger partial charge in [0.2, 0.25) is 17.7 Å². The summed E-state index contributed by atoms with van der Waals surface area (Å²) in [7, 11) is 9.58. The number of ether oxygens (including phenoxy) is 7. The number of nitrogens with zero attached hydrogens (tertiary/aromatic N) is 4. The summed E-state index contributed by atoms with van der Waals surface area (Å²) in [5.74, 6) is -4.03. The van der Waals surface area contributed by atoms with Crippen molar-refractivity contribution in [1.29, 1.82) is 0 Å². The lowest BCUT2D eigenvalue weighted by Gasteiger charge is -2.42. The number of nitrogens with one attached hydrogen (secondary N) is 4. The van der Waals surface area contributed by atoms with Gasteiger partial charge in [-0.25, -0.2) is 14.6 Å². The van der Waals surface area contributed by atoms with Crippen molar-refractivity contribution in [2.75, 3.05) is 86.8 Å². The fraction of sp³-hybridized carbons (Fsp3) is 0.583. The summed E-state index contributed by atoms with van der Waals surface area (Å²) in [5, 5.41) is 43.5. The second-order valence-corrected chi connectivity index (χ2v) is 22.5. The number of aromatic nitrogens is 1. The van der Waals surface area contributed by atoms with E-state index >= 15 is 0 Å². The Balaban J connectivity index is 0.927. The summed E-state index contributed by atoms with van der Waals surface area (Å²) in [5.41, 5.74) is 3.91. The average molecular weight is 1230 g/mol. The second-order valence-electron chi connectivity index (χ2n) is 22.2. The van der Waals surface area contributed by atoms with Gasteiger partial charge in [0.05, 0.1) is 64.7 Å². The molecule has 0 spiro atoms. The molecular formula is C60H85ClN8O17. The Hall–Kier alpha value is -6.52. The van der Waals surface area contributed by atoms with E-state index in [-0.39, 0.29) is 82.6 Å². The minimum atomic E-state index is -2.02. The normalized spacial score (nSPS) is 24.5. The number of hydrogen-bond acceptors (Lipinski definition) is 19. The van der Waals surface area contributed by atoms with Crippen LogP contribution in [-0.2, 0) is 76.7 Å². The number of carbonyl (C=O) groups excluding carboxylic acids is 7. The molecule has 7 N–H and O–H groups in total. The predicted molar refractivity (Wildman–Crippen MR) is 317 cm³/mol. The van der Waals surface area contributed by atoms with Gasteiger partial charge in [-0.3, -0.25) is 34.7 Å². The van der Waals surface area contributed by atoms with Crippen LogP contribution in [0.4, 0.5) is 10.5 Å². The van der Waals surface area contributed by atoms with Gasteiger partial charge in [0.25, 0.3) is 5.91 Å². The first kappa shape index (κ1) is 68.6. The van der Waals surface area contributed by atoms with Crippen molar-refractivity contribution in [2.24, 2.45) is 5.92 Å². The van der Waals surface area contributed by atoms with Gasteiger partial charge in [-0.05, 0) is 75.9 Å². The lowest BCUT2D eigenvalue weighted by Crippen LogP contribution is -2.63. The SMILES string of the molecule is CNN(C)Cc1cc2ccccc2n1CCC(=O)NCCCC(=O)[C@H](O)[C@H](O)C(=O)NCCOCCOCCC(=O)N(C)[C@@H](C)C(=O)O[C@H]1CC(=O)N(C)c2cc(cc(OC)c2Cl)C/C(C)=C/C=C/[C@@H](OC)[C@@]2(O)C[C@H](OC(=O)N2)[C@@H](C)[C@@H]2O[C@@]12C. The van der Waals surface area contributed by atoms with Gasteiger partial charge in [-0.1, -0.05) is 60.5 Å². The molecule has 474 valence electrons. The summed E-state index contributed by atoms with van der Waals surface area (Å²) in [6, 6.07) is 12.4. The molecule has 4 heterocycles. The number of halogens is 1. The van der Waals surface area contributed by atoms with Crippen molar-refractivity contribution in [3.63, 3.8) is 0 Å². The van der Waals surface area contributed by atoms with Crippen LogP contribution in [0.1, 0.15) is 77.5 Å². The number of hydrogen-bond donors (Lipinski definition) is 7. The van der Waals surface area contributed by atoms with Gasteiger partial charge < -0.3 is 73.5 Å². The van der Waals surface area contributed by atoms with Crippen LogP contribution in [0.15, 0.2) is 66.3 Å². The number of Topliss-reactive ketones (excluding diaryl/α,β-unsaturated/α-hetero) is 1. The highest BCUT2D eigenvalue weighted by Crippen LogP contribution is 2.49. The number of aryl methyl sites for hydroxylation is 1. The third-order valence-electron chi connectivity index (χ3n) is 16.0. The highest BCUT2D eigenvalue weighted by atomic mass is 35.5. The first-order chi connectivity index (χ1) is 40.8. The monoisotopic (exact) mass is 1220 g/mol. The Morgan fingerprint density at radius 1 is 0.965 bits per heavy atom. The Morgan fingerprint density at radius 3 is 2.40 bits per heavy atom. The number of anilines is 1. The molecule has 1 aromatic heterocycles. The number of esters is 1. The summed E-state index contributed by atoms with van der Waals surface area (Å²) in [4.78, 5) is 95.2. The van der Waals surface area contributed by atoms with Gasteiger partial charge >= 0.3 is 12.1 Å². The fourth-order valence-corrected chi connectivity index (χ4v) is 10.8. The number of epoxide rings is 1. The third-order valence-corrected chi connectivity index (χ3v) is 16.3. The standard InChI is InChI=1S/C60H85ClN8O17/c1-36-15-13-19-47(81-10)60(79)34-46(84-58(78)65-60)37(2)55-59(4,86-55)48(33-51(73)68(8)43-30-39(29-36)31-45(80-9)52(43)61)85-57(77)38(3)67(7)50(72)21-25-82-27-28-83-26-23-64-56(76)54(75)53(74)44(70)18-14-22-63-49(71)20-24-69-41(35-66(6)62-5)32-40-16-11-12-17-42(40)69/h11-13,15-17,19,30-32,37-38,46-48,53-55,62,74-75,79H,14,18,20-29,33-35H2,1-10H3,(H,63,71)(H,64,76)(H,65,78)/b19-13+,36-15+/t37-,38+,46+,47-,48+,53+,54+,55+,59+,60+/m1/s1. The molecule has 2 saturated heterocycles. The number of aliphatic hydroxyl groups excluding tert-OH is 2. The molecule has 0 saturated carbocycles. The number of methoxy groups -OCH3 is 2. The number of fused-ring (bicyclic) bond motifs is 6. The first-order valence-electron chi connectivity index (χ1n) is 28.7. The molecule has 86 heavy (non-hydrogen) atoms. The van der Waals surface area contributed by atoms with Gasteiger partial charge in [0.1, 0.15) is 46.8 Å². The summed E-state index contributed by atoms with van der Waals surface area (Å²) >= 11 is 6.81. The molecule has 3 aromatic rings. The fourth-order valence-electron chi connectivity index (χ4n) is 10.5. The summed E-state index contributed by atoms with van der Waals surface area (Å²) in [6.07, 6.45) is -3.63. The number of ketones is 1. The quantitative estimate of drug-likeness (QED) is 0.0250. The van der Waals surface area contributed by atoms with Crippen LogP contribution in [0, 0.1) is 5.92 Å². The minimum absolute atomic E-state index is 0.0109. The zero-order valence-corrected chi connectivity index (χ0v) is 51.5. The molecule has 2 fully saturated rings. The minimum Gasteiger partial charge on any atom is -0.495 e. The molecule has 5 amide bonds. The number of alkyl carbamates (subject to hydrolysis) is 1. The predicted octanol–water partition coefficient (Wildman–Crippen LogP) is 2.85. The molecule has 10 atom stereocenters. The molecule has 0 aliphatic carbocycles. The molecule has 3 aliphatic heterocycles. The Bertz CT molecular complexity index is 2940. The van der Waals surface area contributed by atoms with Crippen molar-refractivity contribution in [3.8, 4) is 5.75 Å². The van der Waals surface area contributed by atoms with Gasteiger partial charge in [-0.2, -0.15) is 0 Å². The molecule has 3 aliphatic rings. The van der Waals surface area contributed by atoms with Crippen molar-refractivity contribution in [1.82, 2.24) is 35.9 Å². The number of carbonyl (C=O) groups is 7. The number of likely N-dealkylation sites (N-methyl/N-ethyl adjacent to an activating group) is 1. The van der Waals surface area contributed by atoms with Crippen LogP contribution in [-0.4, -0.2) is 207 Å². The summed E-state index contributed by atoms with van der Waals surface area (Å²) < 4.78 is 42.5. The maximum atomic E-state index is 14.3. The number of amides is 5. The lowest BCUT2D eigenvalue weighted by atomic mass is 9.83. The second kappa shape index (κ2) is 31.4. The van der Waals surface area contributed by atoms with E-state index in [4.69, 9.17) is 44.8 Å². The van der Waals surface area contributed by atoms with Crippen LogP contribution in [0.2, 0.25) is 5.02 Å². The molecular weight excluding hydrogens is 1140 g/mol. The highest BCUT2D eigenvalue weighted by Gasteiger charge is 2.64. The number of allylic oxidation sites excluding steroid dienone is 3. The van der Waals surface area contributed by atoms with E-state index in [0.29, 0.717) is 30.9 Å². The molecule has 0 radical (unpaired) electrons. The Labute approximate surface area is 506 Å². The topological polar surface area (TPSA) is 311 Å². The largest absolute Gasteiger partial charge is 0.495 e. The molecule has 25 nitrogen and oxygen atoms in total. The van der Waals surface area contributed by atoms with Crippen LogP contribution < -0.4 is 31.0 Å². The number of rotatable bonds is 27. The third kappa shape index (κ3) is 17.8.